The molecule has 0 amide bonds. The molecule has 0 aromatic heterocycles. The van der Waals surface area contributed by atoms with Crippen LogP contribution >= 0.6 is 0 Å². The maximum atomic E-state index is 10.9. The molecule has 0 bridgehead atoms. The molecule has 1 unspecified atom stereocenters. The molecule has 5 nitrogen and oxygen atoms in total. The van der Waals surface area contributed by atoms with Crippen LogP contribution < -0.4 is 0 Å². The highest BCUT2D eigenvalue weighted by molar-refractivity contribution is 5.74. The highest BCUT2D eigenvalue weighted by Gasteiger charge is 2.18. The molecular weight excluding hydrogens is 188 g/mol. The highest BCUT2D eigenvalue weighted by atomic mass is 16.5. The zero-order valence-electron chi connectivity index (χ0n) is 8.49. The summed E-state index contributed by atoms with van der Waals surface area (Å²) in [6.45, 7) is 4.04. The van der Waals surface area contributed by atoms with Gasteiger partial charge in [0.05, 0.1) is 6.61 Å². The van der Waals surface area contributed by atoms with Crippen LogP contribution in [0.4, 0.5) is 0 Å². The Bertz CT molecular complexity index is 190. The van der Waals surface area contributed by atoms with E-state index in [9.17, 15) is 9.59 Å². The summed E-state index contributed by atoms with van der Waals surface area (Å²) in [7, 11) is 0. The van der Waals surface area contributed by atoms with Crippen LogP contribution in [0.3, 0.4) is 0 Å². The molecule has 1 atom stereocenters. The van der Waals surface area contributed by atoms with Crippen molar-refractivity contribution in [2.45, 2.75) is 32.8 Å². The number of aliphatic carboxylic acids is 1. The normalized spacial score (nSPS) is 12.1. The average molecular weight is 204 g/mol. The minimum atomic E-state index is -1.05. The molecule has 1 N–H and O–H groups in total. The first-order valence-electron chi connectivity index (χ1n) is 4.61. The van der Waals surface area contributed by atoms with Gasteiger partial charge in [0.15, 0.2) is 6.10 Å². The van der Waals surface area contributed by atoms with Gasteiger partial charge in [-0.15, -0.1) is 0 Å². The Labute approximate surface area is 83.0 Å². The topological polar surface area (TPSA) is 72.8 Å². The van der Waals surface area contributed by atoms with Crippen molar-refractivity contribution in [3.05, 3.63) is 0 Å². The van der Waals surface area contributed by atoms with Crippen LogP contribution in [0, 0.1) is 0 Å². The van der Waals surface area contributed by atoms with Gasteiger partial charge in [0.25, 0.3) is 0 Å². The molecule has 0 aromatic carbocycles. The van der Waals surface area contributed by atoms with Crippen molar-refractivity contribution < 1.29 is 24.2 Å². The van der Waals surface area contributed by atoms with E-state index in [1.807, 2.05) is 0 Å². The van der Waals surface area contributed by atoms with Gasteiger partial charge >= 0.3 is 11.9 Å². The molecule has 0 aliphatic carbocycles. The zero-order chi connectivity index (χ0) is 11.0. The quantitative estimate of drug-likeness (QED) is 0.621. The van der Waals surface area contributed by atoms with Gasteiger partial charge in [-0.25, -0.2) is 4.79 Å². The van der Waals surface area contributed by atoms with Crippen molar-refractivity contribution in [2.24, 2.45) is 0 Å². The summed E-state index contributed by atoms with van der Waals surface area (Å²) in [4.78, 5) is 21.5. The van der Waals surface area contributed by atoms with Crippen molar-refractivity contribution >= 4 is 11.9 Å². The average Bonchev–Trinajstić information content (AvgIpc) is 2.12. The second kappa shape index (κ2) is 7.32. The van der Waals surface area contributed by atoms with E-state index in [4.69, 9.17) is 9.84 Å². The summed E-state index contributed by atoms with van der Waals surface area (Å²) in [5.74, 6) is -1.44. The summed E-state index contributed by atoms with van der Waals surface area (Å²) < 4.78 is 9.59. The van der Waals surface area contributed by atoms with Gasteiger partial charge in [-0.1, -0.05) is 0 Å². The minimum Gasteiger partial charge on any atom is -0.479 e. The summed E-state index contributed by atoms with van der Waals surface area (Å²) >= 11 is 0. The Morgan fingerprint density at radius 1 is 1.29 bits per heavy atom. The molecule has 0 spiro atoms. The predicted octanol–water partition coefficient (Wildman–Crippen LogP) is 0.819. The Morgan fingerprint density at radius 3 is 2.36 bits per heavy atom. The lowest BCUT2D eigenvalue weighted by molar-refractivity contribution is -0.152. The summed E-state index contributed by atoms with van der Waals surface area (Å²) in [5, 5.41) is 8.67. The number of carboxylic acids is 1. The molecule has 0 fully saturated rings. The van der Waals surface area contributed by atoms with Gasteiger partial charge in [0, 0.05) is 13.0 Å². The highest BCUT2D eigenvalue weighted by Crippen LogP contribution is 2.04. The van der Waals surface area contributed by atoms with Crippen molar-refractivity contribution in [1.82, 2.24) is 0 Å². The first kappa shape index (κ1) is 12.9. The van der Waals surface area contributed by atoms with Crippen molar-refractivity contribution in [3.8, 4) is 0 Å². The zero-order valence-corrected chi connectivity index (χ0v) is 8.49. The molecule has 0 saturated carbocycles. The Hall–Kier alpha value is -1.10. The SMILES string of the molecule is CCOC(=O)CCC(OCC)C(=O)O. The van der Waals surface area contributed by atoms with Crippen molar-refractivity contribution in [2.75, 3.05) is 13.2 Å². The lowest BCUT2D eigenvalue weighted by atomic mass is 10.2. The second-order valence-electron chi connectivity index (χ2n) is 2.63. The molecule has 14 heavy (non-hydrogen) atoms. The number of carboxylic acid groups (broad SMARTS) is 1. The van der Waals surface area contributed by atoms with Gasteiger partial charge in [0.2, 0.25) is 0 Å². The summed E-state index contributed by atoms with van der Waals surface area (Å²) in [6.07, 6.45) is -0.684. The van der Waals surface area contributed by atoms with E-state index in [-0.39, 0.29) is 12.8 Å². The minimum absolute atomic E-state index is 0.0742. The molecule has 0 rings (SSSR count). The maximum Gasteiger partial charge on any atom is 0.332 e. The van der Waals surface area contributed by atoms with E-state index in [0.29, 0.717) is 13.2 Å². The third-order valence-corrected chi connectivity index (χ3v) is 1.56. The second-order valence-corrected chi connectivity index (χ2v) is 2.63. The fraction of sp³-hybridized carbons (Fsp3) is 0.778. The van der Waals surface area contributed by atoms with Gasteiger partial charge in [-0.2, -0.15) is 0 Å². The third kappa shape index (κ3) is 5.53. The molecule has 0 saturated heterocycles. The molecule has 0 aromatic rings. The summed E-state index contributed by atoms with van der Waals surface area (Å²) in [6, 6.07) is 0. The predicted molar refractivity (Wildman–Crippen MR) is 48.9 cm³/mol. The molecule has 0 aliphatic rings. The van der Waals surface area contributed by atoms with Gasteiger partial charge < -0.3 is 14.6 Å². The third-order valence-electron chi connectivity index (χ3n) is 1.56. The first-order valence-corrected chi connectivity index (χ1v) is 4.61. The number of hydrogen-bond donors (Lipinski definition) is 1. The van der Waals surface area contributed by atoms with E-state index in [1.54, 1.807) is 13.8 Å². The molecular formula is C9H16O5. The fourth-order valence-electron chi connectivity index (χ4n) is 0.961. The van der Waals surface area contributed by atoms with Crippen LogP contribution in [-0.2, 0) is 19.1 Å². The summed E-state index contributed by atoms with van der Waals surface area (Å²) in [5.41, 5.74) is 0. The van der Waals surface area contributed by atoms with Crippen LogP contribution in [0.25, 0.3) is 0 Å². The molecule has 0 radical (unpaired) electrons. The number of esters is 1. The van der Waals surface area contributed by atoms with Crippen molar-refractivity contribution in [3.63, 3.8) is 0 Å². The number of rotatable bonds is 7. The molecule has 82 valence electrons. The van der Waals surface area contributed by atoms with Crippen LogP contribution in [0.5, 0.6) is 0 Å². The molecule has 0 heterocycles. The lowest BCUT2D eigenvalue weighted by Crippen LogP contribution is -2.25. The molecule has 0 aliphatic heterocycles. The van der Waals surface area contributed by atoms with Gasteiger partial charge in [0.1, 0.15) is 0 Å². The van der Waals surface area contributed by atoms with E-state index in [2.05, 4.69) is 4.74 Å². The largest absolute Gasteiger partial charge is 0.479 e. The smallest absolute Gasteiger partial charge is 0.332 e. The van der Waals surface area contributed by atoms with E-state index in [1.165, 1.54) is 0 Å². The fourth-order valence-corrected chi connectivity index (χ4v) is 0.961. The van der Waals surface area contributed by atoms with Crippen LogP contribution in [0.1, 0.15) is 26.7 Å². The maximum absolute atomic E-state index is 10.9. The van der Waals surface area contributed by atoms with E-state index >= 15 is 0 Å². The number of carbonyl (C=O) groups excluding carboxylic acids is 1. The Kier molecular flexibility index (Phi) is 6.74. The van der Waals surface area contributed by atoms with Gasteiger partial charge in [-0.3, -0.25) is 4.79 Å². The Balaban J connectivity index is 3.81. The van der Waals surface area contributed by atoms with E-state index < -0.39 is 18.0 Å². The monoisotopic (exact) mass is 204 g/mol. The van der Waals surface area contributed by atoms with Crippen LogP contribution in [0.15, 0.2) is 0 Å². The lowest BCUT2D eigenvalue weighted by Gasteiger charge is -2.11. The first-order chi connectivity index (χ1) is 6.61. The Morgan fingerprint density at radius 2 is 1.93 bits per heavy atom. The number of ether oxygens (including phenoxy) is 2. The van der Waals surface area contributed by atoms with Crippen LogP contribution in [-0.4, -0.2) is 36.4 Å². The van der Waals surface area contributed by atoms with Crippen LogP contribution in [0.2, 0.25) is 0 Å². The van der Waals surface area contributed by atoms with E-state index in [0.717, 1.165) is 0 Å². The number of hydrogen-bond acceptors (Lipinski definition) is 4. The molecule has 5 heteroatoms. The van der Waals surface area contributed by atoms with Crippen molar-refractivity contribution in [1.29, 1.82) is 0 Å². The van der Waals surface area contributed by atoms with Gasteiger partial charge in [-0.05, 0) is 20.3 Å². The standard InChI is InChI=1S/C9H16O5/c1-3-13-7(9(11)12)5-6-8(10)14-4-2/h7H,3-6H2,1-2H3,(H,11,12). The number of carbonyl (C=O) groups is 2.